The summed E-state index contributed by atoms with van der Waals surface area (Å²) in [6.45, 7) is 3.99. The van der Waals surface area contributed by atoms with Gasteiger partial charge in [-0.2, -0.15) is 0 Å². The minimum atomic E-state index is -0.874. The number of methoxy groups -OCH3 is 2. The Morgan fingerprint density at radius 1 is 0.956 bits per heavy atom. The van der Waals surface area contributed by atoms with E-state index in [4.69, 9.17) is 14.2 Å². The molecule has 0 unspecified atom stereocenters. The molecule has 0 aliphatic carbocycles. The summed E-state index contributed by atoms with van der Waals surface area (Å²) >= 11 is 0. The van der Waals surface area contributed by atoms with E-state index in [1.807, 2.05) is 13.8 Å². The zero-order chi connectivity index (χ0) is 32.3. The molecule has 1 aliphatic heterocycles. The van der Waals surface area contributed by atoms with E-state index in [0.29, 0.717) is 53.5 Å². The highest BCUT2D eigenvalue weighted by molar-refractivity contribution is 5.96. The van der Waals surface area contributed by atoms with Crippen molar-refractivity contribution in [3.8, 4) is 23.0 Å². The van der Waals surface area contributed by atoms with Gasteiger partial charge in [-0.25, -0.2) is 0 Å². The summed E-state index contributed by atoms with van der Waals surface area (Å²) in [6, 6.07) is 14.2. The minimum Gasteiger partial charge on any atom is -0.496 e. The summed E-state index contributed by atoms with van der Waals surface area (Å²) in [5, 5.41) is 8.59. The quantitative estimate of drug-likeness (QED) is 0.404. The number of aromatic nitrogens is 1. The predicted octanol–water partition coefficient (Wildman–Crippen LogP) is 3.31. The molecule has 0 radical (unpaired) electrons. The molecule has 2 aromatic carbocycles. The molecule has 4 rings (SSSR count). The number of fused-ring (bicyclic) bond motifs is 3. The smallest absolute Gasteiger partial charge is 0.272 e. The summed E-state index contributed by atoms with van der Waals surface area (Å²) in [4.78, 5) is 58.6. The fourth-order valence-corrected chi connectivity index (χ4v) is 4.87. The van der Waals surface area contributed by atoms with Gasteiger partial charge < -0.3 is 35.1 Å². The van der Waals surface area contributed by atoms with Crippen LogP contribution in [0, 0.1) is 5.92 Å². The van der Waals surface area contributed by atoms with Crippen LogP contribution < -0.4 is 30.2 Å². The van der Waals surface area contributed by atoms with E-state index < -0.39 is 23.8 Å². The number of carbonyl (C=O) groups excluding carboxylic acids is 4. The Hall–Kier alpha value is -5.13. The van der Waals surface area contributed by atoms with Crippen LogP contribution in [0.25, 0.3) is 0 Å². The lowest BCUT2D eigenvalue weighted by Gasteiger charge is -2.26. The largest absolute Gasteiger partial charge is 0.496 e. The number of hydrogen-bond donors (Lipinski definition) is 3. The number of pyridine rings is 1. The standard InChI is InChI=1S/C33H39N5O7/c1-21(2)30-32(41)36-19-23-25(43-3)11-9-12-26(23)45-28-18-22(13-14-27(28)44-4)31(40)35-16-7-8-17-38(20-29(39)37-30)33(42)24-10-5-6-15-34-24/h5-6,9-15,18,21,30H,7-8,16-17,19-20H2,1-4H3,(H,35,40)(H,36,41)(H,37,39)/t30-/m1/s1. The molecule has 1 atom stereocenters. The van der Waals surface area contributed by atoms with Crippen molar-refractivity contribution in [2.24, 2.45) is 5.92 Å². The van der Waals surface area contributed by atoms with Crippen LogP contribution in [-0.2, 0) is 16.1 Å². The Bertz CT molecular complexity index is 1510. The van der Waals surface area contributed by atoms with E-state index in [2.05, 4.69) is 20.9 Å². The Labute approximate surface area is 262 Å². The van der Waals surface area contributed by atoms with Gasteiger partial charge in [0.2, 0.25) is 11.8 Å². The number of rotatable bonds is 4. The topological polar surface area (TPSA) is 148 Å². The second-order valence-electron chi connectivity index (χ2n) is 10.8. The van der Waals surface area contributed by atoms with Gasteiger partial charge in [-0.1, -0.05) is 26.0 Å². The Balaban J connectivity index is 1.67. The Morgan fingerprint density at radius 3 is 2.47 bits per heavy atom. The van der Waals surface area contributed by atoms with E-state index in [-0.39, 0.29) is 37.2 Å². The molecule has 12 heteroatoms. The second kappa shape index (κ2) is 15.6. The summed E-state index contributed by atoms with van der Waals surface area (Å²) in [5.41, 5.74) is 1.11. The number of ether oxygens (including phenoxy) is 3. The van der Waals surface area contributed by atoms with E-state index in [1.165, 1.54) is 25.3 Å². The van der Waals surface area contributed by atoms with Gasteiger partial charge in [0.05, 0.1) is 32.9 Å². The van der Waals surface area contributed by atoms with Gasteiger partial charge in [-0.3, -0.25) is 24.2 Å². The summed E-state index contributed by atoms with van der Waals surface area (Å²) < 4.78 is 17.3. The fraction of sp³-hybridized carbons (Fsp3) is 0.364. The van der Waals surface area contributed by atoms with Crippen molar-refractivity contribution in [2.45, 2.75) is 39.3 Å². The molecule has 3 aromatic rings. The molecule has 1 aromatic heterocycles. The third kappa shape index (κ3) is 8.49. The number of amides is 4. The third-order valence-electron chi connectivity index (χ3n) is 7.31. The maximum atomic E-state index is 13.4. The number of nitrogens with zero attached hydrogens (tertiary/aromatic N) is 2. The van der Waals surface area contributed by atoms with Crippen molar-refractivity contribution in [2.75, 3.05) is 33.9 Å². The van der Waals surface area contributed by atoms with Crippen molar-refractivity contribution in [3.63, 3.8) is 0 Å². The van der Waals surface area contributed by atoms with Crippen molar-refractivity contribution < 1.29 is 33.4 Å². The van der Waals surface area contributed by atoms with Gasteiger partial charge in [0.1, 0.15) is 23.2 Å². The number of carbonyl (C=O) groups is 4. The highest BCUT2D eigenvalue weighted by Gasteiger charge is 2.27. The lowest BCUT2D eigenvalue weighted by atomic mass is 10.0. The van der Waals surface area contributed by atoms with Crippen molar-refractivity contribution in [1.29, 1.82) is 0 Å². The van der Waals surface area contributed by atoms with Gasteiger partial charge in [0.25, 0.3) is 11.8 Å². The molecule has 0 saturated heterocycles. The van der Waals surface area contributed by atoms with Crippen LogP contribution in [0.4, 0.5) is 0 Å². The van der Waals surface area contributed by atoms with Gasteiger partial charge in [-0.05, 0) is 61.2 Å². The Morgan fingerprint density at radius 2 is 1.76 bits per heavy atom. The molecule has 2 bridgehead atoms. The average molecular weight is 618 g/mol. The van der Waals surface area contributed by atoms with Crippen molar-refractivity contribution >= 4 is 23.6 Å². The average Bonchev–Trinajstić information content (AvgIpc) is 3.05. The van der Waals surface area contributed by atoms with Crippen LogP contribution >= 0.6 is 0 Å². The monoisotopic (exact) mass is 617 g/mol. The first kappa shape index (κ1) is 32.8. The molecule has 0 saturated carbocycles. The summed E-state index contributed by atoms with van der Waals surface area (Å²) in [6.07, 6.45) is 2.57. The maximum absolute atomic E-state index is 13.4. The van der Waals surface area contributed by atoms with Gasteiger partial charge >= 0.3 is 0 Å². The first-order valence-electron chi connectivity index (χ1n) is 14.8. The zero-order valence-electron chi connectivity index (χ0n) is 25.9. The zero-order valence-corrected chi connectivity index (χ0v) is 25.9. The van der Waals surface area contributed by atoms with E-state index in [9.17, 15) is 19.2 Å². The van der Waals surface area contributed by atoms with Crippen LogP contribution in [0.5, 0.6) is 23.0 Å². The highest BCUT2D eigenvalue weighted by Crippen LogP contribution is 2.37. The maximum Gasteiger partial charge on any atom is 0.272 e. The Kier molecular flexibility index (Phi) is 11.3. The van der Waals surface area contributed by atoms with Crippen molar-refractivity contribution in [1.82, 2.24) is 25.8 Å². The molecule has 12 nitrogen and oxygen atoms in total. The molecule has 3 N–H and O–H groups in total. The SMILES string of the molecule is COc1ccc2cc1Oc1cccc(OC)c1CNC(=O)[C@@H](C(C)C)NC(=O)CN(C(=O)c1ccccn1)CCCCNC2=O. The second-order valence-corrected chi connectivity index (χ2v) is 10.8. The molecule has 4 amide bonds. The van der Waals surface area contributed by atoms with E-state index >= 15 is 0 Å². The van der Waals surface area contributed by atoms with Crippen LogP contribution in [0.1, 0.15) is 53.1 Å². The van der Waals surface area contributed by atoms with Crippen LogP contribution in [0.3, 0.4) is 0 Å². The van der Waals surface area contributed by atoms with Crippen LogP contribution in [0.15, 0.2) is 60.8 Å². The predicted molar refractivity (Wildman–Crippen MR) is 166 cm³/mol. The first-order valence-corrected chi connectivity index (χ1v) is 14.8. The summed E-state index contributed by atoms with van der Waals surface area (Å²) in [5.74, 6) is -0.303. The first-order chi connectivity index (χ1) is 21.7. The lowest BCUT2D eigenvalue weighted by Crippen LogP contribution is -2.52. The van der Waals surface area contributed by atoms with Gasteiger partial charge in [-0.15, -0.1) is 0 Å². The number of nitrogens with one attached hydrogen (secondary N) is 3. The highest BCUT2D eigenvalue weighted by atomic mass is 16.5. The minimum absolute atomic E-state index is 0.0179. The van der Waals surface area contributed by atoms with E-state index in [1.54, 1.807) is 54.6 Å². The summed E-state index contributed by atoms with van der Waals surface area (Å²) in [7, 11) is 3.01. The van der Waals surface area contributed by atoms with E-state index in [0.717, 1.165) is 0 Å². The number of benzene rings is 2. The number of hydrogen-bond acceptors (Lipinski definition) is 8. The fourth-order valence-electron chi connectivity index (χ4n) is 4.87. The molecule has 0 fully saturated rings. The molecule has 45 heavy (non-hydrogen) atoms. The molecule has 1 aliphatic rings. The van der Waals surface area contributed by atoms with Gasteiger partial charge in [0.15, 0.2) is 11.5 Å². The normalized spacial score (nSPS) is 16.8. The van der Waals surface area contributed by atoms with Crippen LogP contribution in [-0.4, -0.2) is 73.4 Å². The third-order valence-corrected chi connectivity index (χ3v) is 7.31. The molecular formula is C33H39N5O7. The molecular weight excluding hydrogens is 578 g/mol. The molecule has 2 heterocycles. The lowest BCUT2D eigenvalue weighted by molar-refractivity contribution is -0.130. The molecule has 238 valence electrons. The molecule has 0 spiro atoms. The van der Waals surface area contributed by atoms with Crippen molar-refractivity contribution in [3.05, 3.63) is 77.6 Å². The van der Waals surface area contributed by atoms with Crippen LogP contribution in [0.2, 0.25) is 0 Å². The van der Waals surface area contributed by atoms with Gasteiger partial charge in [0, 0.05) is 24.8 Å².